The first-order valence-corrected chi connectivity index (χ1v) is 12.7. The molecule has 5 N–H and O–H groups in total. The fraction of sp³-hybridized carbons (Fsp3) is 0.320. The van der Waals surface area contributed by atoms with E-state index in [1.807, 2.05) is 0 Å². The van der Waals surface area contributed by atoms with Gasteiger partial charge >= 0.3 is 0 Å². The largest absolute Gasteiger partial charge is 0.494 e. The van der Waals surface area contributed by atoms with Crippen LogP contribution in [0.15, 0.2) is 52.9 Å². The molecular formula is C25H25F4N7O2S. The molecule has 1 saturated heterocycles. The molecule has 3 aromatic heterocycles. The van der Waals surface area contributed by atoms with Gasteiger partial charge in [-0.25, -0.2) is 27.5 Å². The van der Waals surface area contributed by atoms with Gasteiger partial charge in [0.25, 0.3) is 6.43 Å². The molecule has 5 rings (SSSR count). The molecule has 0 bridgehead atoms. The van der Waals surface area contributed by atoms with E-state index < -0.39 is 29.7 Å². The number of hydrogen-bond donors (Lipinski definition) is 3. The maximum atomic E-state index is 14.9. The first kappa shape index (κ1) is 27.0. The number of nitrogens with zero attached hydrogens (tertiary/aromatic N) is 5. The number of benzene rings is 1. The van der Waals surface area contributed by atoms with Crippen molar-refractivity contribution in [3.05, 3.63) is 54.6 Å². The Labute approximate surface area is 224 Å². The van der Waals surface area contributed by atoms with Gasteiger partial charge in [0.1, 0.15) is 16.9 Å². The Bertz CT molecular complexity index is 1520. The van der Waals surface area contributed by atoms with Gasteiger partial charge in [-0.05, 0) is 25.0 Å². The van der Waals surface area contributed by atoms with Crippen LogP contribution < -0.4 is 21.1 Å². The van der Waals surface area contributed by atoms with Gasteiger partial charge in [0.05, 0.1) is 36.4 Å². The molecule has 14 heteroatoms. The number of nitrogens with two attached hydrogens (primary N) is 2. The van der Waals surface area contributed by atoms with E-state index in [-0.39, 0.29) is 35.8 Å². The molecule has 4 aromatic rings. The normalized spacial score (nSPS) is 18.6. The number of aliphatic hydroxyl groups excluding tert-OH is 1. The van der Waals surface area contributed by atoms with Crippen molar-refractivity contribution in [1.82, 2.24) is 19.4 Å². The van der Waals surface area contributed by atoms with Gasteiger partial charge in [0.15, 0.2) is 23.0 Å². The number of rotatable bonds is 7. The number of anilines is 2. The highest BCUT2D eigenvalue weighted by Gasteiger charge is 2.43. The quantitative estimate of drug-likeness (QED) is 0.288. The maximum absolute atomic E-state index is 14.9. The smallest absolute Gasteiger partial charge is 0.265 e. The molecule has 1 fully saturated rings. The molecule has 0 spiro atoms. The summed E-state index contributed by atoms with van der Waals surface area (Å²) < 4.78 is 62.8. The van der Waals surface area contributed by atoms with Gasteiger partial charge in [-0.15, -0.1) is 0 Å². The average Bonchev–Trinajstić information content (AvgIpc) is 3.33. The highest BCUT2D eigenvalue weighted by atomic mass is 32.2. The van der Waals surface area contributed by atoms with Crippen molar-refractivity contribution in [3.8, 4) is 17.0 Å². The number of fused-ring (bicyclic) bond motifs is 1. The second kappa shape index (κ2) is 10.5. The van der Waals surface area contributed by atoms with Crippen LogP contribution in [0, 0.1) is 11.6 Å². The van der Waals surface area contributed by atoms with Crippen LogP contribution in [0.4, 0.5) is 29.1 Å². The highest BCUT2D eigenvalue weighted by Crippen LogP contribution is 2.41. The van der Waals surface area contributed by atoms with Crippen molar-refractivity contribution in [2.24, 2.45) is 5.73 Å². The molecule has 0 aliphatic carbocycles. The van der Waals surface area contributed by atoms with Crippen molar-refractivity contribution in [3.63, 3.8) is 0 Å². The van der Waals surface area contributed by atoms with Crippen LogP contribution in [0.3, 0.4) is 0 Å². The van der Waals surface area contributed by atoms with E-state index in [1.54, 1.807) is 27.8 Å². The van der Waals surface area contributed by atoms with Crippen LogP contribution in [-0.2, 0) is 0 Å². The lowest BCUT2D eigenvalue weighted by molar-refractivity contribution is -0.0529. The van der Waals surface area contributed by atoms with Gasteiger partial charge in [-0.2, -0.15) is 0 Å². The van der Waals surface area contributed by atoms with Crippen LogP contribution in [0.1, 0.15) is 12.8 Å². The second-order valence-corrected chi connectivity index (χ2v) is 10.3. The third kappa shape index (κ3) is 5.06. The molecular weight excluding hydrogens is 538 g/mol. The van der Waals surface area contributed by atoms with Crippen molar-refractivity contribution in [2.45, 2.75) is 40.8 Å². The van der Waals surface area contributed by atoms with E-state index >= 15 is 0 Å². The van der Waals surface area contributed by atoms with Crippen molar-refractivity contribution in [2.75, 3.05) is 30.8 Å². The van der Waals surface area contributed by atoms with Gasteiger partial charge in [0, 0.05) is 42.0 Å². The number of halogens is 4. The maximum Gasteiger partial charge on any atom is 0.265 e. The summed E-state index contributed by atoms with van der Waals surface area (Å²) in [4.78, 5) is 15.0. The van der Waals surface area contributed by atoms with E-state index in [4.69, 9.17) is 16.2 Å². The van der Waals surface area contributed by atoms with E-state index in [2.05, 4.69) is 15.0 Å². The fourth-order valence-corrected chi connectivity index (χ4v) is 5.73. The molecule has 39 heavy (non-hydrogen) atoms. The Morgan fingerprint density at radius 2 is 1.92 bits per heavy atom. The summed E-state index contributed by atoms with van der Waals surface area (Å²) in [6, 6.07) is 3.51. The molecule has 4 heterocycles. The number of pyridine rings is 1. The van der Waals surface area contributed by atoms with Crippen LogP contribution in [-0.4, -0.2) is 62.7 Å². The number of aromatic nitrogens is 4. The lowest BCUT2D eigenvalue weighted by Crippen LogP contribution is -2.63. The van der Waals surface area contributed by atoms with Gasteiger partial charge in [-0.3, -0.25) is 9.38 Å². The Morgan fingerprint density at radius 1 is 1.13 bits per heavy atom. The minimum absolute atomic E-state index is 0.0668. The highest BCUT2D eigenvalue weighted by molar-refractivity contribution is 7.99. The summed E-state index contributed by atoms with van der Waals surface area (Å²) in [6.45, 7) is 0.391. The fourth-order valence-electron chi connectivity index (χ4n) is 4.69. The third-order valence-corrected chi connectivity index (χ3v) is 7.78. The number of aliphatic hydroxyl groups is 1. The lowest BCUT2D eigenvalue weighted by atomic mass is 9.84. The van der Waals surface area contributed by atoms with Crippen molar-refractivity contribution < 1.29 is 27.4 Å². The monoisotopic (exact) mass is 563 g/mol. The number of hydrogen-bond acceptors (Lipinski definition) is 9. The zero-order chi connectivity index (χ0) is 27.9. The molecule has 0 radical (unpaired) electrons. The van der Waals surface area contributed by atoms with Crippen molar-refractivity contribution >= 4 is 28.9 Å². The molecule has 9 nitrogen and oxygen atoms in total. The SMILES string of the molecule is COc1cc(F)c(-c2cc(Sc3cnc4c(N)nccn34)c(N3CCC[C@](N)([C@H](O)C(F)F)C3)cn2)cc1F. The molecule has 1 aromatic carbocycles. The lowest BCUT2D eigenvalue weighted by Gasteiger charge is -2.44. The third-order valence-electron chi connectivity index (χ3n) is 6.72. The summed E-state index contributed by atoms with van der Waals surface area (Å²) in [5, 5.41) is 10.8. The van der Waals surface area contributed by atoms with Gasteiger partial charge < -0.3 is 26.2 Å². The molecule has 2 atom stereocenters. The Kier molecular flexibility index (Phi) is 7.27. The Balaban J connectivity index is 1.60. The number of nitrogen functional groups attached to an aromatic ring is 1. The Morgan fingerprint density at radius 3 is 2.67 bits per heavy atom. The minimum atomic E-state index is -3.01. The summed E-state index contributed by atoms with van der Waals surface area (Å²) in [5.41, 5.74) is 11.6. The molecule has 0 saturated carbocycles. The Hall–Kier alpha value is -3.62. The first-order chi connectivity index (χ1) is 18.6. The zero-order valence-corrected chi connectivity index (χ0v) is 21.5. The topological polar surface area (TPSA) is 128 Å². The molecule has 1 aliphatic rings. The first-order valence-electron chi connectivity index (χ1n) is 11.9. The summed E-state index contributed by atoms with van der Waals surface area (Å²) in [6.07, 6.45) is 1.86. The number of imidazole rings is 1. The van der Waals surface area contributed by atoms with E-state index in [9.17, 15) is 22.7 Å². The van der Waals surface area contributed by atoms with E-state index in [0.29, 0.717) is 34.2 Å². The molecule has 0 amide bonds. The van der Waals surface area contributed by atoms with Crippen LogP contribution in [0.2, 0.25) is 0 Å². The number of ether oxygens (including phenoxy) is 1. The van der Waals surface area contributed by atoms with Crippen LogP contribution >= 0.6 is 11.8 Å². The van der Waals surface area contributed by atoms with Crippen LogP contribution in [0.5, 0.6) is 5.75 Å². The standard InChI is InChI=1S/C25H25F4N7O2S/c1-38-18-8-14(26)13(7-15(18)27)16-9-19(39-20-11-34-24-23(30)32-4-6-36(20)24)17(10-33-16)35-5-2-3-25(31,12-35)21(37)22(28)29/h4,6-11,21-22,37H,2-3,5,12,31H2,1H3,(H2,30,32)/t21-,25-/m1/s1. The molecule has 0 unspecified atom stereocenters. The number of methoxy groups -OCH3 is 1. The molecule has 206 valence electrons. The second-order valence-electron chi connectivity index (χ2n) is 9.25. The summed E-state index contributed by atoms with van der Waals surface area (Å²) in [7, 11) is 1.23. The average molecular weight is 564 g/mol. The van der Waals surface area contributed by atoms with Crippen LogP contribution in [0.25, 0.3) is 16.9 Å². The number of alkyl halides is 2. The van der Waals surface area contributed by atoms with Gasteiger partial charge in [0.2, 0.25) is 0 Å². The van der Waals surface area contributed by atoms with E-state index in [1.165, 1.54) is 31.3 Å². The summed E-state index contributed by atoms with van der Waals surface area (Å²) >= 11 is 1.24. The predicted octanol–water partition coefficient (Wildman–Crippen LogP) is 3.74. The van der Waals surface area contributed by atoms with Crippen molar-refractivity contribution in [1.29, 1.82) is 0 Å². The molecule has 1 aliphatic heterocycles. The zero-order valence-electron chi connectivity index (χ0n) is 20.7. The predicted molar refractivity (Wildman–Crippen MR) is 138 cm³/mol. The minimum Gasteiger partial charge on any atom is -0.494 e. The summed E-state index contributed by atoms with van der Waals surface area (Å²) in [5.74, 6) is -1.52. The number of piperidine rings is 1. The van der Waals surface area contributed by atoms with Gasteiger partial charge in [-0.1, -0.05) is 11.8 Å². The van der Waals surface area contributed by atoms with E-state index in [0.717, 1.165) is 12.1 Å².